The van der Waals surface area contributed by atoms with Crippen LogP contribution in [-0.4, -0.2) is 23.8 Å². The van der Waals surface area contributed by atoms with Crippen LogP contribution in [0.25, 0.3) is 0 Å². The van der Waals surface area contributed by atoms with Gasteiger partial charge in [-0.1, -0.05) is 13.8 Å². The second-order valence-corrected chi connectivity index (χ2v) is 3.53. The first kappa shape index (κ1) is 9.98. The molecule has 1 unspecified atom stereocenters. The minimum absolute atomic E-state index is 0.0714. The van der Waals surface area contributed by atoms with E-state index in [0.717, 1.165) is 5.75 Å². The summed E-state index contributed by atoms with van der Waals surface area (Å²) in [6, 6.07) is -0.269. The third-order valence-corrected chi connectivity index (χ3v) is 1.97. The summed E-state index contributed by atoms with van der Waals surface area (Å²) in [5, 5.41) is 0. The lowest BCUT2D eigenvalue weighted by Gasteiger charge is -2.10. The molecule has 0 saturated heterocycles. The van der Waals surface area contributed by atoms with Crippen molar-refractivity contribution in [1.82, 2.24) is 0 Å². The van der Waals surface area contributed by atoms with Crippen LogP contribution in [0.2, 0.25) is 0 Å². The molecule has 0 saturated carbocycles. The molecule has 0 aliphatic carbocycles. The smallest absolute Gasteiger partial charge is 0.152 e. The van der Waals surface area contributed by atoms with Gasteiger partial charge in [0.1, 0.15) is 0 Å². The molecule has 0 radical (unpaired) electrons. The van der Waals surface area contributed by atoms with Crippen LogP contribution in [0.4, 0.5) is 0 Å². The predicted octanol–water partition coefficient (Wildman–Crippen LogP) is 0.902. The van der Waals surface area contributed by atoms with Crippen LogP contribution in [0.15, 0.2) is 0 Å². The van der Waals surface area contributed by atoms with Crippen molar-refractivity contribution in [1.29, 1.82) is 0 Å². The average Bonchev–Trinajstić information content (AvgIpc) is 1.87. The van der Waals surface area contributed by atoms with E-state index in [2.05, 4.69) is 0 Å². The van der Waals surface area contributed by atoms with Gasteiger partial charge in [-0.3, -0.25) is 4.79 Å². The summed E-state index contributed by atoms with van der Waals surface area (Å²) in [5.41, 5.74) is 5.56. The van der Waals surface area contributed by atoms with Gasteiger partial charge in [-0.15, -0.1) is 0 Å². The summed E-state index contributed by atoms with van der Waals surface area (Å²) in [5.74, 6) is 0.966. The van der Waals surface area contributed by atoms with E-state index in [1.165, 1.54) is 0 Å². The maximum Gasteiger partial charge on any atom is 0.152 e. The first-order chi connectivity index (χ1) is 4.59. The maximum atomic E-state index is 11.1. The fraction of sp³-hybridized carbons (Fsp3) is 0.857. The lowest BCUT2D eigenvalue weighted by atomic mass is 10.0. The average molecular weight is 161 g/mol. The number of hydrogen-bond donors (Lipinski definition) is 1. The molecule has 10 heavy (non-hydrogen) atoms. The van der Waals surface area contributed by atoms with Crippen LogP contribution in [0.5, 0.6) is 0 Å². The van der Waals surface area contributed by atoms with Crippen molar-refractivity contribution in [3.8, 4) is 0 Å². The second-order valence-electron chi connectivity index (χ2n) is 2.62. The zero-order chi connectivity index (χ0) is 8.15. The van der Waals surface area contributed by atoms with Crippen LogP contribution in [0.1, 0.15) is 13.8 Å². The largest absolute Gasteiger partial charge is 0.321 e. The number of carbonyl (C=O) groups excluding carboxylic acids is 1. The highest BCUT2D eigenvalue weighted by atomic mass is 32.2. The van der Waals surface area contributed by atoms with E-state index in [1.54, 1.807) is 11.8 Å². The van der Waals surface area contributed by atoms with Crippen LogP contribution >= 0.6 is 11.8 Å². The molecule has 1 atom stereocenters. The Bertz CT molecular complexity index is 114. The van der Waals surface area contributed by atoms with Crippen molar-refractivity contribution in [3.63, 3.8) is 0 Å². The normalized spacial score (nSPS) is 13.7. The van der Waals surface area contributed by atoms with Crippen molar-refractivity contribution in [3.05, 3.63) is 0 Å². The molecule has 0 aliphatic heterocycles. The second kappa shape index (κ2) is 4.74. The molecule has 0 spiro atoms. The van der Waals surface area contributed by atoms with Crippen molar-refractivity contribution >= 4 is 17.5 Å². The summed E-state index contributed by atoms with van der Waals surface area (Å²) < 4.78 is 0. The molecular weight excluding hydrogens is 146 g/mol. The van der Waals surface area contributed by atoms with Crippen LogP contribution < -0.4 is 5.73 Å². The zero-order valence-corrected chi connectivity index (χ0v) is 7.57. The highest BCUT2D eigenvalue weighted by Gasteiger charge is 2.15. The molecule has 0 amide bonds. The molecule has 0 heterocycles. The first-order valence-corrected chi connectivity index (χ1v) is 4.77. The van der Waals surface area contributed by atoms with E-state index in [4.69, 9.17) is 5.73 Å². The Morgan fingerprint density at radius 2 is 2.10 bits per heavy atom. The van der Waals surface area contributed by atoms with Crippen molar-refractivity contribution in [2.24, 2.45) is 11.7 Å². The molecule has 3 heteroatoms. The Labute approximate surface area is 66.6 Å². The number of hydrogen-bond acceptors (Lipinski definition) is 3. The lowest BCUT2D eigenvalue weighted by Crippen LogP contribution is -2.35. The quantitative estimate of drug-likeness (QED) is 0.666. The number of carbonyl (C=O) groups is 1. The molecule has 2 nitrogen and oxygen atoms in total. The Balaban J connectivity index is 3.71. The molecule has 0 aliphatic rings. The SMILES string of the molecule is CSCC(N)C(=O)C(C)C. The number of ketones is 1. The lowest BCUT2D eigenvalue weighted by molar-refractivity contribution is -0.122. The summed E-state index contributed by atoms with van der Waals surface area (Å²) in [7, 11) is 0. The summed E-state index contributed by atoms with van der Waals surface area (Å²) in [6.45, 7) is 3.76. The van der Waals surface area contributed by atoms with Crippen LogP contribution in [0.3, 0.4) is 0 Å². The molecule has 0 fully saturated rings. The fourth-order valence-corrected chi connectivity index (χ4v) is 1.21. The maximum absolute atomic E-state index is 11.1. The van der Waals surface area contributed by atoms with Gasteiger partial charge in [-0.05, 0) is 6.26 Å². The van der Waals surface area contributed by atoms with Gasteiger partial charge in [-0.2, -0.15) is 11.8 Å². The van der Waals surface area contributed by atoms with E-state index < -0.39 is 0 Å². The number of Topliss-reactive ketones (excluding diaryl/α,β-unsaturated/α-hetero) is 1. The van der Waals surface area contributed by atoms with Gasteiger partial charge in [0.25, 0.3) is 0 Å². The summed E-state index contributed by atoms with van der Waals surface area (Å²) in [4.78, 5) is 11.1. The van der Waals surface area contributed by atoms with Gasteiger partial charge in [0.05, 0.1) is 6.04 Å². The van der Waals surface area contributed by atoms with Crippen molar-refractivity contribution in [2.75, 3.05) is 12.0 Å². The number of thioether (sulfide) groups is 1. The molecule has 2 N–H and O–H groups in total. The van der Waals surface area contributed by atoms with Gasteiger partial charge in [0.15, 0.2) is 5.78 Å². The van der Waals surface area contributed by atoms with Gasteiger partial charge in [0, 0.05) is 11.7 Å². The van der Waals surface area contributed by atoms with Crippen LogP contribution in [0, 0.1) is 5.92 Å². The van der Waals surface area contributed by atoms with Crippen molar-refractivity contribution < 1.29 is 4.79 Å². The van der Waals surface area contributed by atoms with Gasteiger partial charge < -0.3 is 5.73 Å². The number of rotatable bonds is 4. The highest BCUT2D eigenvalue weighted by Crippen LogP contribution is 2.02. The van der Waals surface area contributed by atoms with E-state index in [0.29, 0.717) is 0 Å². The van der Waals surface area contributed by atoms with Gasteiger partial charge >= 0.3 is 0 Å². The van der Waals surface area contributed by atoms with E-state index >= 15 is 0 Å². The Morgan fingerprint density at radius 1 is 1.60 bits per heavy atom. The minimum Gasteiger partial charge on any atom is -0.321 e. The third kappa shape index (κ3) is 3.22. The van der Waals surface area contributed by atoms with E-state index in [9.17, 15) is 4.79 Å². The summed E-state index contributed by atoms with van der Waals surface area (Å²) >= 11 is 1.61. The molecule has 0 bridgehead atoms. The zero-order valence-electron chi connectivity index (χ0n) is 6.76. The molecule has 0 aromatic rings. The van der Waals surface area contributed by atoms with Crippen LogP contribution in [-0.2, 0) is 4.79 Å². The Hall–Kier alpha value is -0.0200. The monoisotopic (exact) mass is 161 g/mol. The highest BCUT2D eigenvalue weighted by molar-refractivity contribution is 7.98. The first-order valence-electron chi connectivity index (χ1n) is 3.37. The fourth-order valence-electron chi connectivity index (χ4n) is 0.690. The van der Waals surface area contributed by atoms with E-state index in [1.807, 2.05) is 20.1 Å². The van der Waals surface area contributed by atoms with E-state index in [-0.39, 0.29) is 17.7 Å². The Morgan fingerprint density at radius 3 is 2.40 bits per heavy atom. The third-order valence-electron chi connectivity index (χ3n) is 1.28. The molecule has 60 valence electrons. The molecule has 0 rings (SSSR count). The Kier molecular flexibility index (Phi) is 4.73. The predicted molar refractivity (Wildman–Crippen MR) is 46.2 cm³/mol. The van der Waals surface area contributed by atoms with Gasteiger partial charge in [-0.25, -0.2) is 0 Å². The summed E-state index contributed by atoms with van der Waals surface area (Å²) in [6.07, 6.45) is 1.95. The molecule has 0 aromatic heterocycles. The minimum atomic E-state index is -0.269. The molecule has 0 aromatic carbocycles. The standard InChI is InChI=1S/C7H15NOS/c1-5(2)7(9)6(8)4-10-3/h5-6H,4,8H2,1-3H3. The molecular formula is C7H15NOS. The van der Waals surface area contributed by atoms with Crippen molar-refractivity contribution in [2.45, 2.75) is 19.9 Å². The number of nitrogens with two attached hydrogens (primary N) is 1. The van der Waals surface area contributed by atoms with Gasteiger partial charge in [0.2, 0.25) is 0 Å². The topological polar surface area (TPSA) is 43.1 Å².